The van der Waals surface area contributed by atoms with Gasteiger partial charge in [0.05, 0.1) is 7.11 Å². The zero-order valence-corrected chi connectivity index (χ0v) is 18.9. The maximum atomic E-state index is 13.3. The summed E-state index contributed by atoms with van der Waals surface area (Å²) in [4.78, 5) is 28.0. The summed E-state index contributed by atoms with van der Waals surface area (Å²) in [5, 5.41) is 6.04. The molecule has 7 heteroatoms. The second kappa shape index (κ2) is 12.2. The van der Waals surface area contributed by atoms with E-state index in [1.165, 1.54) is 0 Å². The van der Waals surface area contributed by atoms with E-state index in [0.29, 0.717) is 26.2 Å². The van der Waals surface area contributed by atoms with Crippen LogP contribution >= 0.6 is 0 Å². The number of nitrogens with zero attached hydrogens (tertiary/aromatic N) is 1. The molecule has 1 heterocycles. The van der Waals surface area contributed by atoms with Crippen LogP contribution in [-0.2, 0) is 14.3 Å². The average molecular weight is 440 g/mol. The number of amides is 2. The van der Waals surface area contributed by atoms with E-state index in [2.05, 4.69) is 15.5 Å². The lowest BCUT2D eigenvalue weighted by molar-refractivity contribution is -0.127. The fourth-order valence-corrected chi connectivity index (χ4v) is 4.04. The molecule has 2 aromatic rings. The second-order valence-corrected chi connectivity index (χ2v) is 7.98. The lowest BCUT2D eigenvalue weighted by atomic mass is 9.93. The molecule has 0 spiro atoms. The molecule has 1 atom stereocenters. The zero-order valence-electron chi connectivity index (χ0n) is 18.9. The quantitative estimate of drug-likeness (QED) is 0.556. The Balaban J connectivity index is 1.64. The van der Waals surface area contributed by atoms with Crippen LogP contribution in [0.5, 0.6) is 5.75 Å². The van der Waals surface area contributed by atoms with Crippen molar-refractivity contribution in [2.45, 2.75) is 25.3 Å². The molecule has 1 unspecified atom stereocenters. The molecule has 1 fully saturated rings. The van der Waals surface area contributed by atoms with Gasteiger partial charge >= 0.3 is 0 Å². The van der Waals surface area contributed by atoms with Crippen molar-refractivity contribution in [1.29, 1.82) is 0 Å². The third-order valence-corrected chi connectivity index (χ3v) is 5.81. The van der Waals surface area contributed by atoms with Crippen molar-refractivity contribution in [2.75, 3.05) is 45.8 Å². The van der Waals surface area contributed by atoms with Gasteiger partial charge in [0.2, 0.25) is 11.8 Å². The van der Waals surface area contributed by atoms with Gasteiger partial charge in [0.25, 0.3) is 0 Å². The number of benzene rings is 2. The molecule has 0 radical (unpaired) electrons. The number of carbonyl (C=O) groups is 2. The number of rotatable bonds is 10. The molecule has 7 nitrogen and oxygen atoms in total. The Labute approximate surface area is 190 Å². The van der Waals surface area contributed by atoms with Crippen molar-refractivity contribution < 1.29 is 19.1 Å². The highest BCUT2D eigenvalue weighted by molar-refractivity contribution is 5.95. The van der Waals surface area contributed by atoms with Crippen molar-refractivity contribution >= 4 is 17.5 Å². The largest absolute Gasteiger partial charge is 0.497 e. The molecule has 32 heavy (non-hydrogen) atoms. The summed E-state index contributed by atoms with van der Waals surface area (Å²) in [6, 6.07) is 16.7. The Morgan fingerprint density at radius 2 is 1.72 bits per heavy atom. The van der Waals surface area contributed by atoms with Gasteiger partial charge in [0.15, 0.2) is 0 Å². The first-order chi connectivity index (χ1) is 15.6. The average Bonchev–Trinajstić information content (AvgIpc) is 2.83. The predicted octanol–water partition coefficient (Wildman–Crippen LogP) is 3.24. The van der Waals surface area contributed by atoms with E-state index in [1.54, 1.807) is 14.2 Å². The molecule has 2 N–H and O–H groups in total. The Morgan fingerprint density at radius 3 is 2.34 bits per heavy atom. The van der Waals surface area contributed by atoms with Gasteiger partial charge in [-0.15, -0.1) is 0 Å². The Morgan fingerprint density at radius 1 is 1.03 bits per heavy atom. The Kier molecular flexibility index (Phi) is 9.07. The standard InChI is InChI=1S/C25H33N3O4/c1-31-18-6-15-26-24(29)20-13-16-28(17-14-20)23(19-7-4-3-5-8-19)25(30)27-21-9-11-22(32-2)12-10-21/h3-5,7-12,20,23H,6,13-18H2,1-2H3,(H,26,29)(H,27,30). The summed E-state index contributed by atoms with van der Waals surface area (Å²) in [7, 11) is 3.27. The maximum absolute atomic E-state index is 13.3. The van der Waals surface area contributed by atoms with E-state index in [9.17, 15) is 9.59 Å². The van der Waals surface area contributed by atoms with E-state index >= 15 is 0 Å². The van der Waals surface area contributed by atoms with Gasteiger partial charge in [-0.1, -0.05) is 30.3 Å². The van der Waals surface area contributed by atoms with Gasteiger partial charge in [0.1, 0.15) is 11.8 Å². The van der Waals surface area contributed by atoms with Gasteiger partial charge in [-0.3, -0.25) is 14.5 Å². The van der Waals surface area contributed by atoms with Crippen LogP contribution in [0.25, 0.3) is 0 Å². The summed E-state index contributed by atoms with van der Waals surface area (Å²) in [6.45, 7) is 2.64. The van der Waals surface area contributed by atoms with E-state index in [4.69, 9.17) is 9.47 Å². The highest BCUT2D eigenvalue weighted by Gasteiger charge is 2.33. The van der Waals surface area contributed by atoms with Gasteiger partial charge in [0, 0.05) is 31.9 Å². The molecule has 1 aliphatic heterocycles. The molecular formula is C25H33N3O4. The first-order valence-corrected chi connectivity index (χ1v) is 11.1. The van der Waals surface area contributed by atoms with Crippen molar-refractivity contribution in [1.82, 2.24) is 10.2 Å². The lowest BCUT2D eigenvalue weighted by Crippen LogP contribution is -2.45. The molecule has 1 aliphatic rings. The van der Waals surface area contributed by atoms with E-state index < -0.39 is 6.04 Å². The summed E-state index contributed by atoms with van der Waals surface area (Å²) >= 11 is 0. The molecule has 0 aliphatic carbocycles. The molecule has 0 saturated carbocycles. The third-order valence-electron chi connectivity index (χ3n) is 5.81. The summed E-state index contributed by atoms with van der Waals surface area (Å²) in [6.07, 6.45) is 2.27. The van der Waals surface area contributed by atoms with Crippen LogP contribution in [0.3, 0.4) is 0 Å². The smallest absolute Gasteiger partial charge is 0.246 e. The Hall–Kier alpha value is -2.90. The summed E-state index contributed by atoms with van der Waals surface area (Å²) in [5.74, 6) is 0.739. The van der Waals surface area contributed by atoms with Crippen molar-refractivity contribution in [3.8, 4) is 5.75 Å². The van der Waals surface area contributed by atoms with Gasteiger partial charge < -0.3 is 20.1 Å². The minimum Gasteiger partial charge on any atom is -0.497 e. The minimum absolute atomic E-state index is 0.0186. The molecule has 2 aromatic carbocycles. The molecule has 2 amide bonds. The van der Waals surface area contributed by atoms with Crippen LogP contribution in [0, 0.1) is 5.92 Å². The molecule has 0 aromatic heterocycles. The van der Waals surface area contributed by atoms with Crippen molar-refractivity contribution in [2.24, 2.45) is 5.92 Å². The number of piperidine rings is 1. The SMILES string of the molecule is COCCCNC(=O)C1CCN(C(C(=O)Nc2ccc(OC)cc2)c2ccccc2)CC1. The number of anilines is 1. The Bertz CT molecular complexity index is 849. The molecule has 172 valence electrons. The molecular weight excluding hydrogens is 406 g/mol. The van der Waals surface area contributed by atoms with Crippen LogP contribution in [0.15, 0.2) is 54.6 Å². The number of hydrogen-bond acceptors (Lipinski definition) is 5. The first-order valence-electron chi connectivity index (χ1n) is 11.1. The fourth-order valence-electron chi connectivity index (χ4n) is 4.04. The molecule has 1 saturated heterocycles. The number of methoxy groups -OCH3 is 2. The number of likely N-dealkylation sites (tertiary alicyclic amines) is 1. The van der Waals surface area contributed by atoms with Crippen LogP contribution in [0.4, 0.5) is 5.69 Å². The van der Waals surface area contributed by atoms with E-state index in [-0.39, 0.29) is 17.7 Å². The number of nitrogens with one attached hydrogen (secondary N) is 2. The number of ether oxygens (including phenoxy) is 2. The van der Waals surface area contributed by atoms with E-state index in [1.807, 2.05) is 54.6 Å². The molecule has 0 bridgehead atoms. The molecule has 3 rings (SSSR count). The van der Waals surface area contributed by atoms with Crippen LogP contribution < -0.4 is 15.4 Å². The predicted molar refractivity (Wildman–Crippen MR) is 125 cm³/mol. The highest BCUT2D eigenvalue weighted by Crippen LogP contribution is 2.28. The van der Waals surface area contributed by atoms with Crippen LogP contribution in [0.1, 0.15) is 30.9 Å². The zero-order chi connectivity index (χ0) is 22.8. The number of hydrogen-bond donors (Lipinski definition) is 2. The maximum Gasteiger partial charge on any atom is 0.246 e. The normalized spacial score (nSPS) is 15.7. The lowest BCUT2D eigenvalue weighted by Gasteiger charge is -2.36. The topological polar surface area (TPSA) is 79.9 Å². The third kappa shape index (κ3) is 6.55. The fraction of sp³-hybridized carbons (Fsp3) is 0.440. The van der Waals surface area contributed by atoms with Gasteiger partial charge in [-0.25, -0.2) is 0 Å². The van der Waals surface area contributed by atoms with Gasteiger partial charge in [-0.2, -0.15) is 0 Å². The summed E-state index contributed by atoms with van der Waals surface area (Å²) < 4.78 is 10.2. The van der Waals surface area contributed by atoms with E-state index in [0.717, 1.165) is 36.3 Å². The van der Waals surface area contributed by atoms with Crippen LogP contribution in [0.2, 0.25) is 0 Å². The summed E-state index contributed by atoms with van der Waals surface area (Å²) in [5.41, 5.74) is 1.67. The van der Waals surface area contributed by atoms with Crippen molar-refractivity contribution in [3.63, 3.8) is 0 Å². The monoisotopic (exact) mass is 439 g/mol. The van der Waals surface area contributed by atoms with Crippen molar-refractivity contribution in [3.05, 3.63) is 60.2 Å². The number of carbonyl (C=O) groups excluding carboxylic acids is 2. The second-order valence-electron chi connectivity index (χ2n) is 7.98. The van der Waals surface area contributed by atoms with Gasteiger partial charge in [-0.05, 0) is 62.2 Å². The highest BCUT2D eigenvalue weighted by atomic mass is 16.5. The first kappa shape index (κ1) is 23.8. The van der Waals surface area contributed by atoms with Crippen LogP contribution in [-0.4, -0.2) is 57.2 Å². The minimum atomic E-state index is -0.413.